The van der Waals surface area contributed by atoms with Crippen LogP contribution < -0.4 is 4.74 Å². The van der Waals surface area contributed by atoms with Crippen molar-refractivity contribution in [2.45, 2.75) is 25.9 Å². The van der Waals surface area contributed by atoms with Crippen LogP contribution in [0.3, 0.4) is 0 Å². The van der Waals surface area contributed by atoms with Gasteiger partial charge in [0.2, 0.25) is 0 Å². The van der Waals surface area contributed by atoms with Crippen LogP contribution >= 0.6 is 11.8 Å². The zero-order chi connectivity index (χ0) is 17.8. The van der Waals surface area contributed by atoms with E-state index in [9.17, 15) is 0 Å². The van der Waals surface area contributed by atoms with Crippen molar-refractivity contribution in [3.8, 4) is 17.1 Å². The molecule has 0 saturated heterocycles. The van der Waals surface area contributed by atoms with Crippen LogP contribution in [0.25, 0.3) is 11.4 Å². The lowest BCUT2D eigenvalue weighted by Crippen LogP contribution is -2.04. The van der Waals surface area contributed by atoms with Crippen molar-refractivity contribution < 1.29 is 4.74 Å². The number of nitrogens with zero attached hydrogens (tertiary/aromatic N) is 3. The average molecular weight is 353 g/mol. The molecule has 0 spiro atoms. The van der Waals surface area contributed by atoms with Crippen LogP contribution in [0.4, 0.5) is 0 Å². The smallest absolute Gasteiger partial charge is 0.191 e. The molecule has 0 radical (unpaired) electrons. The van der Waals surface area contributed by atoms with Gasteiger partial charge in [-0.2, -0.15) is 0 Å². The predicted octanol–water partition coefficient (Wildman–Crippen LogP) is 4.58. The zero-order valence-corrected chi connectivity index (χ0v) is 15.9. The molecule has 3 rings (SSSR count). The second kappa shape index (κ2) is 7.74. The van der Waals surface area contributed by atoms with E-state index >= 15 is 0 Å². The first-order valence-electron chi connectivity index (χ1n) is 8.35. The molecule has 4 nitrogen and oxygen atoms in total. The highest BCUT2D eigenvalue weighted by atomic mass is 32.2. The number of aromatic nitrogens is 3. The van der Waals surface area contributed by atoms with Gasteiger partial charge in [-0.25, -0.2) is 0 Å². The number of ether oxygens (including phenoxy) is 1. The van der Waals surface area contributed by atoms with Crippen molar-refractivity contribution >= 4 is 11.8 Å². The van der Waals surface area contributed by atoms with Crippen LogP contribution in [0.5, 0.6) is 5.75 Å². The molecule has 1 aromatic heterocycles. The quantitative estimate of drug-likeness (QED) is 0.480. The molecule has 0 bridgehead atoms. The van der Waals surface area contributed by atoms with Gasteiger partial charge in [-0.3, -0.25) is 0 Å². The molecule has 0 saturated carbocycles. The molecule has 130 valence electrons. The largest absolute Gasteiger partial charge is 0.492 e. The van der Waals surface area contributed by atoms with Crippen LogP contribution in [0.15, 0.2) is 47.6 Å². The topological polar surface area (TPSA) is 39.9 Å². The summed E-state index contributed by atoms with van der Waals surface area (Å²) in [7, 11) is 2.01. The first-order valence-corrected chi connectivity index (χ1v) is 9.33. The summed E-state index contributed by atoms with van der Waals surface area (Å²) in [5, 5.41) is 9.60. The minimum Gasteiger partial charge on any atom is -0.492 e. The molecule has 0 amide bonds. The van der Waals surface area contributed by atoms with Gasteiger partial charge in [-0.15, -0.1) is 10.2 Å². The van der Waals surface area contributed by atoms with E-state index < -0.39 is 0 Å². The highest BCUT2D eigenvalue weighted by molar-refractivity contribution is 7.99. The third-order valence-electron chi connectivity index (χ3n) is 4.19. The molecule has 1 heterocycles. The molecular formula is C20H23N3OS. The van der Waals surface area contributed by atoms with Crippen molar-refractivity contribution in [2.24, 2.45) is 7.05 Å². The van der Waals surface area contributed by atoms with Gasteiger partial charge in [-0.1, -0.05) is 54.2 Å². The van der Waals surface area contributed by atoms with E-state index in [1.807, 2.05) is 23.7 Å². The number of benzene rings is 2. The molecule has 3 aromatic rings. The third-order valence-corrected chi connectivity index (χ3v) is 5.18. The normalized spacial score (nSPS) is 10.9. The summed E-state index contributed by atoms with van der Waals surface area (Å²) in [6.45, 7) is 6.89. The summed E-state index contributed by atoms with van der Waals surface area (Å²) in [5.74, 6) is 2.71. The van der Waals surface area contributed by atoms with Gasteiger partial charge in [0.25, 0.3) is 0 Å². The molecule has 0 aliphatic carbocycles. The van der Waals surface area contributed by atoms with Crippen molar-refractivity contribution in [1.82, 2.24) is 14.8 Å². The Labute approximate surface area is 153 Å². The van der Waals surface area contributed by atoms with Crippen molar-refractivity contribution in [3.63, 3.8) is 0 Å². The van der Waals surface area contributed by atoms with Gasteiger partial charge < -0.3 is 9.30 Å². The standard InChI is InChI=1S/C20H23N3OS/c1-14-8-5-6-11-17(14)19-21-22-20(23(19)4)25-13-12-24-18-15(2)9-7-10-16(18)3/h5-11H,12-13H2,1-4H3. The fourth-order valence-electron chi connectivity index (χ4n) is 2.80. The van der Waals surface area contributed by atoms with Gasteiger partial charge in [-0.05, 0) is 37.5 Å². The summed E-state index contributed by atoms with van der Waals surface area (Å²) in [6, 6.07) is 14.4. The third kappa shape index (κ3) is 3.87. The van der Waals surface area contributed by atoms with Gasteiger partial charge in [0.1, 0.15) is 5.75 Å². The summed E-state index contributed by atoms with van der Waals surface area (Å²) in [6.07, 6.45) is 0. The summed E-state index contributed by atoms with van der Waals surface area (Å²) >= 11 is 1.66. The predicted molar refractivity (Wildman–Crippen MR) is 103 cm³/mol. The van der Waals surface area contributed by atoms with Crippen LogP contribution in [-0.2, 0) is 7.05 Å². The molecule has 0 aliphatic rings. The minimum absolute atomic E-state index is 0.642. The van der Waals surface area contributed by atoms with E-state index in [-0.39, 0.29) is 0 Å². The van der Waals surface area contributed by atoms with Crippen LogP contribution in [0.1, 0.15) is 16.7 Å². The van der Waals surface area contributed by atoms with E-state index in [1.165, 1.54) is 16.7 Å². The van der Waals surface area contributed by atoms with Gasteiger partial charge in [0.15, 0.2) is 11.0 Å². The summed E-state index contributed by atoms with van der Waals surface area (Å²) in [4.78, 5) is 0. The lowest BCUT2D eigenvalue weighted by molar-refractivity contribution is 0.339. The van der Waals surface area contributed by atoms with E-state index in [2.05, 4.69) is 61.3 Å². The minimum atomic E-state index is 0.642. The molecule has 0 N–H and O–H groups in total. The molecule has 0 unspecified atom stereocenters. The van der Waals surface area contributed by atoms with Gasteiger partial charge in [0.05, 0.1) is 6.61 Å². The molecule has 0 atom stereocenters. The number of hydrogen-bond acceptors (Lipinski definition) is 4. The van der Waals surface area contributed by atoms with Gasteiger partial charge >= 0.3 is 0 Å². The zero-order valence-electron chi connectivity index (χ0n) is 15.1. The van der Waals surface area contributed by atoms with E-state index in [4.69, 9.17) is 4.74 Å². The first-order chi connectivity index (χ1) is 12.1. The molecular weight excluding hydrogens is 330 g/mol. The average Bonchev–Trinajstić information content (AvgIpc) is 2.95. The lowest BCUT2D eigenvalue weighted by Gasteiger charge is -2.11. The molecule has 25 heavy (non-hydrogen) atoms. The van der Waals surface area contributed by atoms with E-state index in [1.54, 1.807) is 11.8 Å². The molecule has 2 aromatic carbocycles. The fourth-order valence-corrected chi connectivity index (χ4v) is 3.53. The highest BCUT2D eigenvalue weighted by Crippen LogP contribution is 2.26. The van der Waals surface area contributed by atoms with E-state index in [0.29, 0.717) is 6.61 Å². The van der Waals surface area contributed by atoms with Crippen LogP contribution in [-0.4, -0.2) is 27.1 Å². The Bertz CT molecular complexity index is 853. The number of para-hydroxylation sites is 1. The van der Waals surface area contributed by atoms with Crippen molar-refractivity contribution in [1.29, 1.82) is 0 Å². The SMILES string of the molecule is Cc1ccccc1-c1nnc(SCCOc2c(C)cccc2C)n1C. The Kier molecular flexibility index (Phi) is 5.43. The number of thioether (sulfide) groups is 1. The number of rotatable bonds is 6. The number of aryl methyl sites for hydroxylation is 3. The second-order valence-corrected chi connectivity index (χ2v) is 7.16. The molecule has 5 heteroatoms. The maximum atomic E-state index is 5.96. The Morgan fingerprint density at radius 1 is 0.920 bits per heavy atom. The Balaban J connectivity index is 1.62. The van der Waals surface area contributed by atoms with Gasteiger partial charge in [0, 0.05) is 18.4 Å². The highest BCUT2D eigenvalue weighted by Gasteiger charge is 2.12. The monoisotopic (exact) mass is 353 g/mol. The van der Waals surface area contributed by atoms with Crippen molar-refractivity contribution in [2.75, 3.05) is 12.4 Å². The Morgan fingerprint density at radius 2 is 1.60 bits per heavy atom. The Hall–Kier alpha value is -2.27. The van der Waals surface area contributed by atoms with Crippen LogP contribution in [0, 0.1) is 20.8 Å². The Morgan fingerprint density at radius 3 is 2.32 bits per heavy atom. The van der Waals surface area contributed by atoms with Crippen LogP contribution in [0.2, 0.25) is 0 Å². The molecule has 0 aliphatic heterocycles. The fraction of sp³-hybridized carbons (Fsp3) is 0.300. The lowest BCUT2D eigenvalue weighted by atomic mass is 10.1. The van der Waals surface area contributed by atoms with E-state index in [0.717, 1.165) is 28.0 Å². The van der Waals surface area contributed by atoms with Crippen molar-refractivity contribution in [3.05, 3.63) is 59.2 Å². The number of hydrogen-bond donors (Lipinski definition) is 0. The maximum absolute atomic E-state index is 5.96. The first kappa shape index (κ1) is 17.5. The second-order valence-electron chi connectivity index (χ2n) is 6.10. The summed E-state index contributed by atoms with van der Waals surface area (Å²) in [5.41, 5.74) is 4.67. The molecule has 0 fully saturated rings. The summed E-state index contributed by atoms with van der Waals surface area (Å²) < 4.78 is 8.01. The maximum Gasteiger partial charge on any atom is 0.191 e.